The molecule has 0 aliphatic carbocycles. The number of allylic oxidation sites excluding steroid dienone is 5. The summed E-state index contributed by atoms with van der Waals surface area (Å²) in [5, 5.41) is 0. The van der Waals surface area contributed by atoms with Crippen LogP contribution in [0.1, 0.15) is 83.1 Å². The zero-order valence-electron chi connectivity index (χ0n) is 38.3. The maximum Gasteiger partial charge on any atom is 0.294 e. The maximum atomic E-state index is 12.4. The van der Waals surface area contributed by atoms with Crippen LogP contribution in [0.2, 0.25) is 0 Å². The van der Waals surface area contributed by atoms with Crippen molar-refractivity contribution in [2.24, 2.45) is 0 Å². The minimum Gasteiger partial charge on any atom is -0.361 e. The molecular formula is C48H68N4O7S2+2. The number of ketones is 1. The lowest BCUT2D eigenvalue weighted by atomic mass is 9.71. The number of carbonyl (C=O) groups is 1. The zero-order chi connectivity index (χ0) is 45.6. The summed E-state index contributed by atoms with van der Waals surface area (Å²) in [6.45, 7) is 15.4. The Balaban J connectivity index is 1.69. The summed E-state index contributed by atoms with van der Waals surface area (Å²) >= 11 is 0. The van der Waals surface area contributed by atoms with Crippen LogP contribution in [0.4, 0.5) is 11.4 Å². The number of nitrogens with zero attached hydrogens (tertiary/aromatic N) is 4. The van der Waals surface area contributed by atoms with Crippen LogP contribution in [0.15, 0.2) is 100 Å². The van der Waals surface area contributed by atoms with Crippen LogP contribution in [0.3, 0.4) is 0 Å². The van der Waals surface area contributed by atoms with Crippen LogP contribution in [-0.4, -0.2) is 115 Å². The van der Waals surface area contributed by atoms with Gasteiger partial charge in [0.15, 0.2) is 0 Å². The molecule has 2 aliphatic rings. The van der Waals surface area contributed by atoms with Gasteiger partial charge < -0.3 is 23.6 Å². The third-order valence-electron chi connectivity index (χ3n) is 12.7. The number of anilines is 2. The molecule has 0 fully saturated rings. The van der Waals surface area contributed by atoms with Crippen LogP contribution < -0.4 is 9.80 Å². The molecule has 0 amide bonds. The minimum atomic E-state index is -4.43. The SMILES string of the molecule is CC(=O)CCc1ccc(C(=C\C=C2\N(CCC[N+](C)(C)C)c3ccc(S(=O)(=O)O)cc3C2(C)C)/C=C/C2(C)N(CCC[N+](C)(C)C)c3ccc(S(=O)(=O)O)cc3C2(C)C)cc1. The maximum absolute atomic E-state index is 12.4. The van der Waals surface area contributed by atoms with Crippen molar-refractivity contribution in [3.05, 3.63) is 113 Å². The van der Waals surface area contributed by atoms with Crippen LogP contribution in [0, 0.1) is 0 Å². The minimum absolute atomic E-state index is 0.134. The van der Waals surface area contributed by atoms with Crippen molar-refractivity contribution in [3.63, 3.8) is 0 Å². The fraction of sp³-hybridized carbons (Fsp3) is 0.479. The van der Waals surface area contributed by atoms with Crippen molar-refractivity contribution < 1.29 is 39.7 Å². The molecule has 2 aliphatic heterocycles. The second-order valence-corrected chi connectivity index (χ2v) is 23.0. The molecule has 61 heavy (non-hydrogen) atoms. The predicted octanol–water partition coefficient (Wildman–Crippen LogP) is 8.07. The monoisotopic (exact) mass is 876 g/mol. The van der Waals surface area contributed by atoms with Crippen LogP contribution in [0.25, 0.3) is 5.57 Å². The molecule has 0 spiro atoms. The Labute approximate surface area is 365 Å². The highest BCUT2D eigenvalue weighted by atomic mass is 32.2. The van der Waals surface area contributed by atoms with Gasteiger partial charge in [0.05, 0.1) is 70.7 Å². The van der Waals surface area contributed by atoms with E-state index in [0.717, 1.165) is 79.8 Å². The van der Waals surface area contributed by atoms with Gasteiger partial charge in [0.25, 0.3) is 20.2 Å². The Morgan fingerprint density at radius 2 is 1.25 bits per heavy atom. The largest absolute Gasteiger partial charge is 0.361 e. The third-order valence-corrected chi connectivity index (χ3v) is 14.4. The van der Waals surface area contributed by atoms with Gasteiger partial charge in [-0.3, -0.25) is 9.11 Å². The molecule has 3 aromatic rings. The third kappa shape index (κ3) is 10.7. The van der Waals surface area contributed by atoms with E-state index in [1.165, 1.54) is 12.1 Å². The van der Waals surface area contributed by atoms with Crippen molar-refractivity contribution in [1.82, 2.24) is 0 Å². The second-order valence-electron chi connectivity index (χ2n) is 20.1. The van der Waals surface area contributed by atoms with Gasteiger partial charge in [-0.1, -0.05) is 70.2 Å². The lowest BCUT2D eigenvalue weighted by molar-refractivity contribution is -0.870. The van der Waals surface area contributed by atoms with Crippen molar-refractivity contribution in [1.29, 1.82) is 0 Å². The second kappa shape index (κ2) is 17.2. The number of rotatable bonds is 17. The van der Waals surface area contributed by atoms with Gasteiger partial charge in [-0.25, -0.2) is 0 Å². The lowest BCUT2D eigenvalue weighted by Crippen LogP contribution is -2.53. The number of Topliss-reactive ketones (excluding diaryl/α,β-unsaturated/α-hetero) is 1. The quantitative estimate of drug-likeness (QED) is 0.0786. The molecule has 11 nitrogen and oxygen atoms in total. The van der Waals surface area contributed by atoms with Crippen LogP contribution in [-0.2, 0) is 42.3 Å². The number of quaternary nitrogens is 2. The average molecular weight is 877 g/mol. The van der Waals surface area contributed by atoms with Gasteiger partial charge in [-0.15, -0.1) is 0 Å². The molecule has 0 bridgehead atoms. The Hall–Kier alpha value is -4.11. The summed E-state index contributed by atoms with van der Waals surface area (Å²) in [6, 6.07) is 18.0. The molecule has 0 saturated heterocycles. The van der Waals surface area contributed by atoms with E-state index in [0.29, 0.717) is 25.9 Å². The van der Waals surface area contributed by atoms with Crippen LogP contribution in [0.5, 0.6) is 0 Å². The number of hydrogen-bond acceptors (Lipinski definition) is 7. The van der Waals surface area contributed by atoms with Crippen molar-refractivity contribution in [2.75, 3.05) is 78.3 Å². The summed E-state index contributed by atoms with van der Waals surface area (Å²) in [7, 11) is 4.12. The van der Waals surface area contributed by atoms with Gasteiger partial charge in [0.1, 0.15) is 5.78 Å². The van der Waals surface area contributed by atoms with Gasteiger partial charge >= 0.3 is 0 Å². The lowest BCUT2D eigenvalue weighted by Gasteiger charge is -2.44. The number of carbonyl (C=O) groups excluding carboxylic acids is 1. The van der Waals surface area contributed by atoms with Gasteiger partial charge in [0.2, 0.25) is 0 Å². The number of benzene rings is 3. The average Bonchev–Trinajstić information content (AvgIpc) is 3.44. The first kappa shape index (κ1) is 47.9. The van der Waals surface area contributed by atoms with E-state index in [1.54, 1.807) is 25.1 Å². The molecule has 0 saturated carbocycles. The summed E-state index contributed by atoms with van der Waals surface area (Å²) in [6.07, 6.45) is 11.5. The highest BCUT2D eigenvalue weighted by Gasteiger charge is 2.52. The predicted molar refractivity (Wildman–Crippen MR) is 247 cm³/mol. The first-order valence-electron chi connectivity index (χ1n) is 21.1. The molecule has 2 heterocycles. The first-order chi connectivity index (χ1) is 28.0. The fourth-order valence-corrected chi connectivity index (χ4v) is 9.75. The van der Waals surface area contributed by atoms with E-state index in [-0.39, 0.29) is 15.6 Å². The highest BCUT2D eigenvalue weighted by molar-refractivity contribution is 7.86. The van der Waals surface area contributed by atoms with E-state index in [4.69, 9.17) is 0 Å². The van der Waals surface area contributed by atoms with Gasteiger partial charge in [-0.2, -0.15) is 16.8 Å². The molecular weight excluding hydrogens is 809 g/mol. The van der Waals surface area contributed by atoms with Gasteiger partial charge in [0, 0.05) is 60.3 Å². The summed E-state index contributed by atoms with van der Waals surface area (Å²) in [5.41, 5.74) is 5.53. The van der Waals surface area contributed by atoms with E-state index >= 15 is 0 Å². The summed E-state index contributed by atoms with van der Waals surface area (Å²) in [4.78, 5) is 16.2. The first-order valence-corrected chi connectivity index (χ1v) is 23.9. The van der Waals surface area contributed by atoms with Crippen molar-refractivity contribution in [3.8, 4) is 0 Å². The summed E-state index contributed by atoms with van der Waals surface area (Å²) in [5.74, 6) is 0.136. The summed E-state index contributed by atoms with van der Waals surface area (Å²) < 4.78 is 71.1. The Bertz CT molecular complexity index is 2450. The zero-order valence-corrected chi connectivity index (χ0v) is 39.9. The molecule has 13 heteroatoms. The number of fused-ring (bicyclic) bond motifs is 2. The van der Waals surface area contributed by atoms with Crippen LogP contribution >= 0.6 is 0 Å². The Kier molecular flexibility index (Phi) is 13.5. The van der Waals surface area contributed by atoms with E-state index in [1.807, 2.05) is 6.07 Å². The number of aryl methyl sites for hydroxylation is 1. The Morgan fingerprint density at radius 3 is 1.77 bits per heavy atom. The van der Waals surface area contributed by atoms with E-state index in [9.17, 15) is 30.7 Å². The molecule has 2 N–H and O–H groups in total. The molecule has 1 unspecified atom stereocenters. The van der Waals surface area contributed by atoms with E-state index in [2.05, 4.69) is 135 Å². The normalized spacial score (nSPS) is 19.8. The molecule has 1 atom stereocenters. The molecule has 5 rings (SSSR count). The molecule has 0 aromatic heterocycles. The highest BCUT2D eigenvalue weighted by Crippen LogP contribution is 2.53. The number of hydrogen-bond donors (Lipinski definition) is 2. The standard InChI is InChI=1S/C48H66N4O7S2/c1-35(53)15-16-36-17-19-37(20-18-36)38(21-26-45-46(2,3)41-33-39(60(54,55)56)22-24-43(41)49(45)29-13-31-51(7,8)9)27-28-48(6)47(4,5)42-34-40(61(57,58)59)23-25-44(42)50(48)30-14-32-52(10,11)12/h17-28,33-34H,13-16,29-32H2,1-12H3/p+2/b28-27+,38-21-,45-26+. The topological polar surface area (TPSA) is 132 Å². The molecule has 3 aromatic carbocycles. The fourth-order valence-electron chi connectivity index (χ4n) is 8.74. The van der Waals surface area contributed by atoms with Crippen molar-refractivity contribution >= 4 is 43.0 Å². The van der Waals surface area contributed by atoms with Crippen molar-refractivity contribution in [2.45, 2.75) is 93.4 Å². The Morgan fingerprint density at radius 1 is 0.721 bits per heavy atom. The molecule has 332 valence electrons. The van der Waals surface area contributed by atoms with Gasteiger partial charge in [-0.05, 0) is 90.6 Å². The van der Waals surface area contributed by atoms with E-state index < -0.39 is 36.6 Å². The molecule has 0 radical (unpaired) electrons. The smallest absolute Gasteiger partial charge is 0.294 e.